The van der Waals surface area contributed by atoms with Crippen LogP contribution in [0.25, 0.3) is 10.9 Å². The molecule has 0 radical (unpaired) electrons. The molecule has 0 aliphatic heterocycles. The lowest BCUT2D eigenvalue weighted by Gasteiger charge is -2.20. The van der Waals surface area contributed by atoms with Gasteiger partial charge in [-0.15, -0.1) is 0 Å². The number of carbonyl (C=O) groups excluding carboxylic acids is 2. The van der Waals surface area contributed by atoms with Crippen LogP contribution in [-0.2, 0) is 4.74 Å². The van der Waals surface area contributed by atoms with Crippen LogP contribution >= 0.6 is 0 Å². The number of benzene rings is 2. The Bertz CT molecular complexity index is 949. The Balaban J connectivity index is 2.14. The summed E-state index contributed by atoms with van der Waals surface area (Å²) >= 11 is 0. The minimum Gasteiger partial charge on any atom is -0.443 e. The number of carbonyl (C=O) groups is 2. The van der Waals surface area contributed by atoms with Crippen LogP contribution in [0.5, 0.6) is 0 Å². The molecule has 2 aromatic carbocycles. The molecule has 5 heteroatoms. The highest BCUT2D eigenvalue weighted by molar-refractivity contribution is 6.12. The third-order valence-electron chi connectivity index (χ3n) is 3.63. The average molecular weight is 339 g/mol. The molecule has 0 bridgehead atoms. The first kappa shape index (κ1) is 16.9. The molecule has 4 nitrogen and oxygen atoms in total. The SMILES string of the molecule is CC(C)(C)OC(=O)n1c(C(=O)c2ccc(F)cc2)cc2ccccc21. The molecule has 0 aliphatic carbocycles. The summed E-state index contributed by atoms with van der Waals surface area (Å²) in [6.45, 7) is 5.29. The maximum absolute atomic E-state index is 13.1. The highest BCUT2D eigenvalue weighted by atomic mass is 19.1. The van der Waals surface area contributed by atoms with Gasteiger partial charge < -0.3 is 4.74 Å². The van der Waals surface area contributed by atoms with Crippen LogP contribution < -0.4 is 0 Å². The Hall–Kier alpha value is -2.95. The van der Waals surface area contributed by atoms with Crippen molar-refractivity contribution in [2.45, 2.75) is 26.4 Å². The molecule has 0 aliphatic rings. The quantitative estimate of drug-likeness (QED) is 0.630. The summed E-state index contributed by atoms with van der Waals surface area (Å²) < 4.78 is 19.8. The van der Waals surface area contributed by atoms with Crippen molar-refractivity contribution < 1.29 is 18.7 Å². The van der Waals surface area contributed by atoms with E-state index in [1.54, 1.807) is 39.0 Å². The van der Waals surface area contributed by atoms with Crippen molar-refractivity contribution >= 4 is 22.8 Å². The molecular formula is C20H18FNO3. The third kappa shape index (κ3) is 3.45. The maximum atomic E-state index is 13.1. The highest BCUT2D eigenvalue weighted by Crippen LogP contribution is 2.24. The number of nitrogens with zero attached hydrogens (tertiary/aromatic N) is 1. The van der Waals surface area contributed by atoms with Gasteiger partial charge in [0, 0.05) is 10.9 Å². The summed E-state index contributed by atoms with van der Waals surface area (Å²) in [7, 11) is 0. The molecule has 0 fully saturated rings. The Morgan fingerprint density at radius 1 is 1.00 bits per heavy atom. The van der Waals surface area contributed by atoms with Gasteiger partial charge in [-0.3, -0.25) is 4.79 Å². The van der Waals surface area contributed by atoms with Gasteiger partial charge in [0.05, 0.1) is 5.52 Å². The van der Waals surface area contributed by atoms with Gasteiger partial charge in [0.15, 0.2) is 0 Å². The fourth-order valence-corrected chi connectivity index (χ4v) is 2.58. The van der Waals surface area contributed by atoms with E-state index in [1.165, 1.54) is 28.8 Å². The lowest BCUT2D eigenvalue weighted by molar-refractivity contribution is 0.0536. The van der Waals surface area contributed by atoms with Gasteiger partial charge in [-0.05, 0) is 57.2 Å². The van der Waals surface area contributed by atoms with E-state index in [0.717, 1.165) is 5.39 Å². The van der Waals surface area contributed by atoms with Crippen molar-refractivity contribution in [3.05, 3.63) is 71.7 Å². The van der Waals surface area contributed by atoms with Crippen LogP contribution in [0.3, 0.4) is 0 Å². The number of ether oxygens (including phenoxy) is 1. The Morgan fingerprint density at radius 2 is 1.64 bits per heavy atom. The van der Waals surface area contributed by atoms with E-state index < -0.39 is 17.5 Å². The average Bonchev–Trinajstić information content (AvgIpc) is 2.93. The number of ketones is 1. The largest absolute Gasteiger partial charge is 0.443 e. The number of halogens is 1. The summed E-state index contributed by atoms with van der Waals surface area (Å²) in [6.07, 6.45) is -0.626. The van der Waals surface area contributed by atoms with E-state index in [0.29, 0.717) is 11.1 Å². The molecule has 0 saturated heterocycles. The Morgan fingerprint density at radius 3 is 2.28 bits per heavy atom. The van der Waals surface area contributed by atoms with Gasteiger partial charge in [0.2, 0.25) is 5.78 Å². The van der Waals surface area contributed by atoms with E-state index in [2.05, 4.69) is 0 Å². The van der Waals surface area contributed by atoms with Crippen LogP contribution in [0.15, 0.2) is 54.6 Å². The van der Waals surface area contributed by atoms with Crippen molar-refractivity contribution in [3.63, 3.8) is 0 Å². The number of aromatic nitrogens is 1. The highest BCUT2D eigenvalue weighted by Gasteiger charge is 2.25. The van der Waals surface area contributed by atoms with Gasteiger partial charge in [0.1, 0.15) is 17.1 Å². The monoisotopic (exact) mass is 339 g/mol. The smallest absolute Gasteiger partial charge is 0.419 e. The number of fused-ring (bicyclic) bond motifs is 1. The molecule has 0 atom stereocenters. The van der Waals surface area contributed by atoms with Crippen molar-refractivity contribution in [1.29, 1.82) is 0 Å². The zero-order chi connectivity index (χ0) is 18.2. The second-order valence-corrected chi connectivity index (χ2v) is 6.74. The first-order valence-corrected chi connectivity index (χ1v) is 7.90. The molecular weight excluding hydrogens is 321 g/mol. The Labute approximate surface area is 144 Å². The van der Waals surface area contributed by atoms with Crippen molar-refractivity contribution in [2.24, 2.45) is 0 Å². The standard InChI is InChI=1S/C20H18FNO3/c1-20(2,3)25-19(24)22-16-7-5-4-6-14(16)12-17(22)18(23)13-8-10-15(21)11-9-13/h4-12H,1-3H3. The molecule has 25 heavy (non-hydrogen) atoms. The molecule has 128 valence electrons. The minimum atomic E-state index is -0.696. The van der Waals surface area contributed by atoms with Gasteiger partial charge in [-0.1, -0.05) is 18.2 Å². The number of hydrogen-bond acceptors (Lipinski definition) is 3. The van der Waals surface area contributed by atoms with Gasteiger partial charge >= 0.3 is 6.09 Å². The van der Waals surface area contributed by atoms with Gasteiger partial charge in [0.25, 0.3) is 0 Å². The van der Waals surface area contributed by atoms with Gasteiger partial charge in [-0.2, -0.15) is 0 Å². The van der Waals surface area contributed by atoms with Crippen LogP contribution in [0, 0.1) is 5.82 Å². The molecule has 3 aromatic rings. The van der Waals surface area contributed by atoms with Crippen LogP contribution in [0.4, 0.5) is 9.18 Å². The fraction of sp³-hybridized carbons (Fsp3) is 0.200. The third-order valence-corrected chi connectivity index (χ3v) is 3.63. The number of hydrogen-bond donors (Lipinski definition) is 0. The lowest BCUT2D eigenvalue weighted by atomic mass is 10.1. The molecule has 0 unspecified atom stereocenters. The van der Waals surface area contributed by atoms with E-state index in [9.17, 15) is 14.0 Å². The summed E-state index contributed by atoms with van der Waals surface area (Å²) in [4.78, 5) is 25.5. The predicted octanol–water partition coefficient (Wildman–Crippen LogP) is 4.79. The summed E-state index contributed by atoms with van der Waals surface area (Å²) in [5.41, 5.74) is 0.372. The summed E-state index contributed by atoms with van der Waals surface area (Å²) in [5, 5.41) is 0.749. The predicted molar refractivity (Wildman–Crippen MR) is 93.4 cm³/mol. The normalized spacial score (nSPS) is 11.5. The first-order chi connectivity index (χ1) is 11.8. The molecule has 3 rings (SSSR count). The zero-order valence-corrected chi connectivity index (χ0v) is 14.2. The molecule has 0 N–H and O–H groups in total. The summed E-state index contributed by atoms with van der Waals surface area (Å²) in [5.74, 6) is -0.800. The minimum absolute atomic E-state index is 0.182. The first-order valence-electron chi connectivity index (χ1n) is 7.90. The number of rotatable bonds is 2. The van der Waals surface area contributed by atoms with Crippen molar-refractivity contribution in [2.75, 3.05) is 0 Å². The van der Waals surface area contributed by atoms with E-state index in [1.807, 2.05) is 12.1 Å². The molecule has 0 saturated carbocycles. The van der Waals surface area contributed by atoms with Crippen LogP contribution in [0.1, 0.15) is 36.8 Å². The maximum Gasteiger partial charge on any atom is 0.419 e. The van der Waals surface area contributed by atoms with E-state index >= 15 is 0 Å². The molecule has 1 heterocycles. The fourth-order valence-electron chi connectivity index (χ4n) is 2.58. The van der Waals surface area contributed by atoms with E-state index in [-0.39, 0.29) is 11.5 Å². The van der Waals surface area contributed by atoms with Crippen LogP contribution in [-0.4, -0.2) is 22.0 Å². The zero-order valence-electron chi connectivity index (χ0n) is 14.2. The van der Waals surface area contributed by atoms with E-state index in [4.69, 9.17) is 4.74 Å². The molecule has 0 spiro atoms. The Kier molecular flexibility index (Phi) is 4.17. The summed E-state index contributed by atoms with van der Waals surface area (Å²) in [6, 6.07) is 14.1. The van der Waals surface area contributed by atoms with Crippen molar-refractivity contribution in [3.8, 4) is 0 Å². The lowest BCUT2D eigenvalue weighted by Crippen LogP contribution is -2.28. The second kappa shape index (κ2) is 6.16. The van der Waals surface area contributed by atoms with Crippen molar-refractivity contribution in [1.82, 2.24) is 4.57 Å². The molecule has 1 aromatic heterocycles. The molecule has 0 amide bonds. The topological polar surface area (TPSA) is 48.3 Å². The van der Waals surface area contributed by atoms with Gasteiger partial charge in [-0.25, -0.2) is 13.8 Å². The second-order valence-electron chi connectivity index (χ2n) is 6.74. The van der Waals surface area contributed by atoms with Crippen LogP contribution in [0.2, 0.25) is 0 Å². The number of para-hydroxylation sites is 1.